The second-order valence-corrected chi connectivity index (χ2v) is 6.57. The zero-order valence-corrected chi connectivity index (χ0v) is 14.6. The third-order valence-corrected chi connectivity index (χ3v) is 4.33. The molecule has 0 radical (unpaired) electrons. The number of benzene rings is 1. The molecule has 24 heavy (non-hydrogen) atoms. The summed E-state index contributed by atoms with van der Waals surface area (Å²) in [6.07, 6.45) is 1.78. The van der Waals surface area contributed by atoms with Crippen LogP contribution in [0, 0.1) is 6.92 Å². The van der Waals surface area contributed by atoms with Crippen LogP contribution >= 0.6 is 15.9 Å². The van der Waals surface area contributed by atoms with Crippen molar-refractivity contribution in [2.75, 3.05) is 13.1 Å². The Bertz CT molecular complexity index is 824. The predicted molar refractivity (Wildman–Crippen MR) is 90.1 cm³/mol. The Labute approximate surface area is 146 Å². The molecule has 8 heteroatoms. The molecule has 0 unspecified atom stereocenters. The quantitative estimate of drug-likeness (QED) is 0.571. The molecule has 0 bridgehead atoms. The van der Waals surface area contributed by atoms with Crippen LogP contribution in [0.3, 0.4) is 0 Å². The van der Waals surface area contributed by atoms with Crippen LogP contribution in [0.4, 0.5) is 0 Å². The number of fused-ring (bicyclic) bond motifs is 1. The van der Waals surface area contributed by atoms with Crippen molar-refractivity contribution >= 4 is 44.6 Å². The van der Waals surface area contributed by atoms with Gasteiger partial charge < -0.3 is 9.32 Å². The second-order valence-electron chi connectivity index (χ2n) is 5.66. The minimum Gasteiger partial charge on any atom is -0.451 e. The fourth-order valence-electron chi connectivity index (χ4n) is 2.69. The summed E-state index contributed by atoms with van der Waals surface area (Å²) in [6, 6.07) is 5.29. The average Bonchev–Trinajstić information content (AvgIpc) is 3.20. The summed E-state index contributed by atoms with van der Waals surface area (Å²) >= 11 is 3.39. The van der Waals surface area contributed by atoms with Gasteiger partial charge in [0.15, 0.2) is 5.76 Å². The normalized spacial score (nSPS) is 14.0. The van der Waals surface area contributed by atoms with Crippen molar-refractivity contribution in [2.45, 2.75) is 19.8 Å². The highest BCUT2D eigenvalue weighted by atomic mass is 79.9. The standard InChI is InChI=1S/C16H16BrN3O4/c1-9-6-11(17)7-10-8-12(24-13(9)10)14(21)18-19-15(22)16(23)20-4-2-3-5-20/h6-8H,2-5H2,1H3,(H,18,21)(H,19,22). The maximum Gasteiger partial charge on any atom is 0.327 e. The van der Waals surface area contributed by atoms with Crippen molar-refractivity contribution in [3.05, 3.63) is 34.0 Å². The van der Waals surface area contributed by atoms with Crippen LogP contribution in [0.5, 0.6) is 0 Å². The maximum atomic E-state index is 12.1. The Balaban J connectivity index is 1.65. The highest BCUT2D eigenvalue weighted by Gasteiger charge is 2.25. The number of nitrogens with one attached hydrogen (secondary N) is 2. The number of hydrogen-bond donors (Lipinski definition) is 2. The van der Waals surface area contributed by atoms with E-state index in [0.29, 0.717) is 18.7 Å². The highest BCUT2D eigenvalue weighted by Crippen LogP contribution is 2.26. The van der Waals surface area contributed by atoms with Gasteiger partial charge in [-0.3, -0.25) is 25.2 Å². The van der Waals surface area contributed by atoms with Gasteiger partial charge in [-0.15, -0.1) is 0 Å². The van der Waals surface area contributed by atoms with E-state index in [4.69, 9.17) is 4.42 Å². The molecule has 1 saturated heterocycles. The number of likely N-dealkylation sites (tertiary alicyclic amines) is 1. The maximum absolute atomic E-state index is 12.1. The van der Waals surface area contributed by atoms with Crippen LogP contribution in [-0.2, 0) is 9.59 Å². The number of carbonyl (C=O) groups excluding carboxylic acids is 3. The van der Waals surface area contributed by atoms with Gasteiger partial charge in [-0.05, 0) is 43.5 Å². The van der Waals surface area contributed by atoms with Crippen LogP contribution in [0.25, 0.3) is 11.0 Å². The number of hydrazine groups is 1. The van der Waals surface area contributed by atoms with E-state index in [2.05, 4.69) is 26.8 Å². The van der Waals surface area contributed by atoms with Crippen LogP contribution in [0.1, 0.15) is 29.0 Å². The third kappa shape index (κ3) is 3.28. The van der Waals surface area contributed by atoms with Gasteiger partial charge in [-0.2, -0.15) is 0 Å². The fourth-order valence-corrected chi connectivity index (χ4v) is 3.28. The Morgan fingerprint density at radius 2 is 1.83 bits per heavy atom. The molecule has 1 aliphatic rings. The van der Waals surface area contributed by atoms with Gasteiger partial charge in [0.25, 0.3) is 0 Å². The Morgan fingerprint density at radius 1 is 1.12 bits per heavy atom. The number of hydrogen-bond acceptors (Lipinski definition) is 4. The molecule has 1 aliphatic heterocycles. The zero-order chi connectivity index (χ0) is 17.3. The molecule has 0 spiro atoms. The molecule has 0 aliphatic carbocycles. The number of amides is 3. The predicted octanol–water partition coefficient (Wildman–Crippen LogP) is 1.89. The SMILES string of the molecule is Cc1cc(Br)cc2cc(C(=O)NNC(=O)C(=O)N3CCCC3)oc12. The van der Waals surface area contributed by atoms with Crippen molar-refractivity contribution in [3.63, 3.8) is 0 Å². The molecule has 2 aromatic rings. The lowest BCUT2D eigenvalue weighted by atomic mass is 10.2. The molecule has 1 aromatic carbocycles. The van der Waals surface area contributed by atoms with Crippen LogP contribution in [0.2, 0.25) is 0 Å². The van der Waals surface area contributed by atoms with E-state index in [0.717, 1.165) is 28.3 Å². The Hall–Kier alpha value is -2.35. The van der Waals surface area contributed by atoms with Crippen LogP contribution < -0.4 is 10.9 Å². The van der Waals surface area contributed by atoms with Crippen molar-refractivity contribution in [2.24, 2.45) is 0 Å². The van der Waals surface area contributed by atoms with Gasteiger partial charge in [0.2, 0.25) is 0 Å². The van der Waals surface area contributed by atoms with Crippen molar-refractivity contribution in [1.29, 1.82) is 0 Å². The number of nitrogens with zero attached hydrogens (tertiary/aromatic N) is 1. The molecular weight excluding hydrogens is 378 g/mol. The molecular formula is C16H16BrN3O4. The average molecular weight is 394 g/mol. The smallest absolute Gasteiger partial charge is 0.327 e. The van der Waals surface area contributed by atoms with E-state index in [-0.39, 0.29) is 5.76 Å². The summed E-state index contributed by atoms with van der Waals surface area (Å²) < 4.78 is 6.41. The van der Waals surface area contributed by atoms with Gasteiger partial charge in [-0.1, -0.05) is 15.9 Å². The van der Waals surface area contributed by atoms with Crippen molar-refractivity contribution in [1.82, 2.24) is 15.8 Å². The summed E-state index contributed by atoms with van der Waals surface area (Å²) in [5.74, 6) is -2.07. The first-order valence-corrected chi connectivity index (χ1v) is 8.34. The molecule has 3 amide bonds. The molecule has 1 aromatic heterocycles. The molecule has 0 atom stereocenters. The molecule has 0 saturated carbocycles. The van der Waals surface area contributed by atoms with Crippen molar-refractivity contribution in [3.8, 4) is 0 Å². The summed E-state index contributed by atoms with van der Waals surface area (Å²) in [4.78, 5) is 37.2. The van der Waals surface area contributed by atoms with E-state index in [1.54, 1.807) is 6.07 Å². The van der Waals surface area contributed by atoms with E-state index in [1.165, 1.54) is 4.90 Å². The zero-order valence-electron chi connectivity index (χ0n) is 13.0. The Kier molecular flexibility index (Phi) is 4.57. The number of furan rings is 1. The largest absolute Gasteiger partial charge is 0.451 e. The van der Waals surface area contributed by atoms with E-state index in [1.807, 2.05) is 19.1 Å². The number of halogens is 1. The van der Waals surface area contributed by atoms with Gasteiger partial charge in [0, 0.05) is 22.9 Å². The van der Waals surface area contributed by atoms with Gasteiger partial charge >= 0.3 is 17.7 Å². The van der Waals surface area contributed by atoms with Gasteiger partial charge in [0.1, 0.15) is 5.58 Å². The minimum absolute atomic E-state index is 0.0557. The molecule has 7 nitrogen and oxygen atoms in total. The number of aryl methyl sites for hydroxylation is 1. The molecule has 2 heterocycles. The summed E-state index contributed by atoms with van der Waals surface area (Å²) in [6.45, 7) is 3.00. The first kappa shape index (κ1) is 16.5. The summed E-state index contributed by atoms with van der Waals surface area (Å²) in [5.41, 5.74) is 5.82. The van der Waals surface area contributed by atoms with Gasteiger partial charge in [0.05, 0.1) is 0 Å². The lowest BCUT2D eigenvalue weighted by Gasteiger charge is -2.14. The number of rotatable bonds is 1. The van der Waals surface area contributed by atoms with Crippen LogP contribution in [0.15, 0.2) is 27.1 Å². The molecule has 1 fully saturated rings. The minimum atomic E-state index is -0.861. The molecule has 2 N–H and O–H groups in total. The van der Waals surface area contributed by atoms with E-state index < -0.39 is 17.7 Å². The third-order valence-electron chi connectivity index (χ3n) is 3.87. The van der Waals surface area contributed by atoms with Crippen molar-refractivity contribution < 1.29 is 18.8 Å². The van der Waals surface area contributed by atoms with Gasteiger partial charge in [-0.25, -0.2) is 0 Å². The van der Waals surface area contributed by atoms with E-state index in [9.17, 15) is 14.4 Å². The topological polar surface area (TPSA) is 91.7 Å². The lowest BCUT2D eigenvalue weighted by Crippen LogP contribution is -2.49. The fraction of sp³-hybridized carbons (Fsp3) is 0.312. The second kappa shape index (κ2) is 6.64. The first-order valence-electron chi connectivity index (χ1n) is 7.55. The highest BCUT2D eigenvalue weighted by molar-refractivity contribution is 9.10. The monoisotopic (exact) mass is 393 g/mol. The summed E-state index contributed by atoms with van der Waals surface area (Å²) in [5, 5.41) is 0.770. The molecule has 3 rings (SSSR count). The van der Waals surface area contributed by atoms with Crippen LogP contribution in [-0.4, -0.2) is 35.7 Å². The summed E-state index contributed by atoms with van der Waals surface area (Å²) in [7, 11) is 0. The first-order chi connectivity index (χ1) is 11.5. The van der Waals surface area contributed by atoms with E-state index >= 15 is 0 Å². The number of carbonyl (C=O) groups is 3. The molecule has 126 valence electrons. The lowest BCUT2D eigenvalue weighted by molar-refractivity contribution is -0.145. The Morgan fingerprint density at radius 3 is 2.54 bits per heavy atom.